The summed E-state index contributed by atoms with van der Waals surface area (Å²) in [6, 6.07) is 10.3. The van der Waals surface area contributed by atoms with E-state index in [1.807, 2.05) is 0 Å². The van der Waals surface area contributed by atoms with Crippen molar-refractivity contribution in [3.05, 3.63) is 35.4 Å². The van der Waals surface area contributed by atoms with Crippen molar-refractivity contribution in [1.82, 2.24) is 9.80 Å². The predicted molar refractivity (Wildman–Crippen MR) is 88.0 cm³/mol. The van der Waals surface area contributed by atoms with Gasteiger partial charge in [0, 0.05) is 25.2 Å². The topological polar surface area (TPSA) is 23.6 Å². The monoisotopic (exact) mass is 298 g/mol. The molecule has 3 atom stereocenters. The number of benzene rings is 1. The molecule has 0 aromatic heterocycles. The molecule has 4 rings (SSSR count). The summed E-state index contributed by atoms with van der Waals surface area (Å²) in [5.74, 6) is 0.640. The average molecular weight is 298 g/mol. The first-order chi connectivity index (χ1) is 10.7. The van der Waals surface area contributed by atoms with Gasteiger partial charge in [-0.25, -0.2) is 4.79 Å². The highest BCUT2D eigenvalue weighted by Gasteiger charge is 2.44. The summed E-state index contributed by atoms with van der Waals surface area (Å²) in [6.45, 7) is 4.08. The van der Waals surface area contributed by atoms with E-state index in [4.69, 9.17) is 0 Å². The van der Waals surface area contributed by atoms with Gasteiger partial charge in [-0.15, -0.1) is 0 Å². The summed E-state index contributed by atoms with van der Waals surface area (Å²) in [4.78, 5) is 17.1. The number of carbonyl (C=O) groups excluding carboxylic acids is 1. The lowest BCUT2D eigenvalue weighted by Crippen LogP contribution is -2.51. The van der Waals surface area contributed by atoms with Gasteiger partial charge >= 0.3 is 6.03 Å². The van der Waals surface area contributed by atoms with Crippen LogP contribution in [0.3, 0.4) is 0 Å². The number of likely N-dealkylation sites (tertiary alicyclic amines) is 1. The van der Waals surface area contributed by atoms with Crippen LogP contribution in [-0.2, 0) is 0 Å². The van der Waals surface area contributed by atoms with E-state index in [1.165, 1.54) is 36.8 Å². The summed E-state index contributed by atoms with van der Waals surface area (Å²) >= 11 is 0. The zero-order valence-corrected chi connectivity index (χ0v) is 13.5. The van der Waals surface area contributed by atoms with Crippen molar-refractivity contribution in [2.75, 3.05) is 13.1 Å². The van der Waals surface area contributed by atoms with Crippen LogP contribution in [0.25, 0.3) is 0 Å². The van der Waals surface area contributed by atoms with Gasteiger partial charge in [0.15, 0.2) is 0 Å². The molecule has 0 unspecified atom stereocenters. The molecule has 3 fully saturated rings. The van der Waals surface area contributed by atoms with Crippen molar-refractivity contribution in [3.8, 4) is 0 Å². The number of hydrogen-bond acceptors (Lipinski definition) is 1. The summed E-state index contributed by atoms with van der Waals surface area (Å²) < 4.78 is 0. The molecule has 3 aliphatic heterocycles. The molecule has 0 saturated carbocycles. The van der Waals surface area contributed by atoms with Gasteiger partial charge in [0.05, 0.1) is 0 Å². The SMILES string of the molecule is Cc1ccc([C@H]2C[C@H]3CC[C@@H](C2)N3C(=O)N2CCCC2)cc1. The second-order valence-electron chi connectivity index (χ2n) is 7.35. The molecule has 0 N–H and O–H groups in total. The van der Waals surface area contributed by atoms with E-state index in [0.29, 0.717) is 24.0 Å². The third-order valence-corrected chi connectivity index (χ3v) is 5.88. The van der Waals surface area contributed by atoms with Crippen LogP contribution in [0.15, 0.2) is 24.3 Å². The van der Waals surface area contributed by atoms with Crippen LogP contribution in [0.4, 0.5) is 4.79 Å². The Bertz CT molecular complexity index is 533. The Hall–Kier alpha value is -1.51. The Morgan fingerprint density at radius 2 is 1.59 bits per heavy atom. The Morgan fingerprint density at radius 1 is 1.00 bits per heavy atom. The second kappa shape index (κ2) is 5.60. The molecule has 22 heavy (non-hydrogen) atoms. The molecule has 0 aliphatic carbocycles. The van der Waals surface area contributed by atoms with E-state index in [-0.39, 0.29) is 0 Å². The zero-order chi connectivity index (χ0) is 15.1. The molecular formula is C19H26N2O. The lowest BCUT2D eigenvalue weighted by molar-refractivity contribution is 0.111. The molecule has 1 aromatic carbocycles. The number of nitrogens with zero attached hydrogens (tertiary/aromatic N) is 2. The molecular weight excluding hydrogens is 272 g/mol. The quantitative estimate of drug-likeness (QED) is 0.771. The van der Waals surface area contributed by atoms with E-state index in [0.717, 1.165) is 25.9 Å². The number of piperidine rings is 1. The van der Waals surface area contributed by atoms with E-state index in [2.05, 4.69) is 41.0 Å². The maximum absolute atomic E-state index is 12.8. The number of urea groups is 1. The van der Waals surface area contributed by atoms with Crippen LogP contribution in [0, 0.1) is 6.92 Å². The molecule has 2 amide bonds. The Labute approximate surface area is 133 Å². The first-order valence-corrected chi connectivity index (χ1v) is 8.86. The lowest BCUT2D eigenvalue weighted by atomic mass is 9.85. The fraction of sp³-hybridized carbons (Fsp3) is 0.632. The number of amides is 2. The van der Waals surface area contributed by atoms with Crippen molar-refractivity contribution in [2.24, 2.45) is 0 Å². The summed E-state index contributed by atoms with van der Waals surface area (Å²) in [5.41, 5.74) is 2.80. The van der Waals surface area contributed by atoms with Gasteiger partial charge in [-0.05, 0) is 56.9 Å². The number of rotatable bonds is 1. The van der Waals surface area contributed by atoms with Gasteiger partial charge < -0.3 is 9.80 Å². The van der Waals surface area contributed by atoms with Gasteiger partial charge in [-0.1, -0.05) is 29.8 Å². The number of carbonyl (C=O) groups is 1. The fourth-order valence-electron chi connectivity index (χ4n) is 4.67. The van der Waals surface area contributed by atoms with Crippen LogP contribution in [0.1, 0.15) is 55.6 Å². The molecule has 0 spiro atoms. The number of hydrogen-bond donors (Lipinski definition) is 0. The fourth-order valence-corrected chi connectivity index (χ4v) is 4.67. The minimum absolute atomic E-state index is 0.326. The summed E-state index contributed by atoms with van der Waals surface area (Å²) in [7, 11) is 0. The first kappa shape index (κ1) is 14.1. The van der Waals surface area contributed by atoms with E-state index in [9.17, 15) is 4.79 Å². The third-order valence-electron chi connectivity index (χ3n) is 5.88. The van der Waals surface area contributed by atoms with Crippen molar-refractivity contribution < 1.29 is 4.79 Å². The largest absolute Gasteiger partial charge is 0.325 e. The van der Waals surface area contributed by atoms with Crippen LogP contribution < -0.4 is 0 Å². The van der Waals surface area contributed by atoms with E-state index >= 15 is 0 Å². The first-order valence-electron chi connectivity index (χ1n) is 8.86. The van der Waals surface area contributed by atoms with Crippen molar-refractivity contribution in [1.29, 1.82) is 0 Å². The summed E-state index contributed by atoms with van der Waals surface area (Å²) in [5, 5.41) is 0. The molecule has 3 saturated heterocycles. The molecule has 1 aromatic rings. The maximum atomic E-state index is 12.8. The van der Waals surface area contributed by atoms with Gasteiger partial charge in [0.2, 0.25) is 0 Å². The van der Waals surface area contributed by atoms with Crippen molar-refractivity contribution >= 4 is 6.03 Å². The maximum Gasteiger partial charge on any atom is 0.320 e. The van der Waals surface area contributed by atoms with Crippen molar-refractivity contribution in [3.63, 3.8) is 0 Å². The molecule has 2 bridgehead atoms. The predicted octanol–water partition coefficient (Wildman–Crippen LogP) is 3.92. The molecule has 3 nitrogen and oxygen atoms in total. The third kappa shape index (κ3) is 2.41. The van der Waals surface area contributed by atoms with Crippen molar-refractivity contribution in [2.45, 2.75) is 63.5 Å². The summed E-state index contributed by atoms with van der Waals surface area (Å²) in [6.07, 6.45) is 7.07. The lowest BCUT2D eigenvalue weighted by Gasteiger charge is -2.41. The number of aryl methyl sites for hydroxylation is 1. The Balaban J connectivity index is 1.49. The molecule has 3 heteroatoms. The van der Waals surface area contributed by atoms with Crippen LogP contribution in [0.5, 0.6) is 0 Å². The molecule has 3 aliphatic rings. The standard InChI is InChI=1S/C19H26N2O/c1-14-4-6-15(7-5-14)16-12-17-8-9-18(13-16)21(17)19(22)20-10-2-3-11-20/h4-7,16-18H,2-3,8-13H2,1H3/t16-,17+,18-. The van der Waals surface area contributed by atoms with Gasteiger partial charge in [0.25, 0.3) is 0 Å². The van der Waals surface area contributed by atoms with Crippen LogP contribution in [-0.4, -0.2) is 41.0 Å². The molecule has 118 valence electrons. The Morgan fingerprint density at radius 3 is 2.18 bits per heavy atom. The van der Waals surface area contributed by atoms with E-state index < -0.39 is 0 Å². The van der Waals surface area contributed by atoms with Gasteiger partial charge in [0.1, 0.15) is 0 Å². The molecule has 3 heterocycles. The highest BCUT2D eigenvalue weighted by Crippen LogP contribution is 2.43. The number of fused-ring (bicyclic) bond motifs is 2. The van der Waals surface area contributed by atoms with Crippen LogP contribution >= 0.6 is 0 Å². The zero-order valence-electron chi connectivity index (χ0n) is 13.5. The second-order valence-corrected chi connectivity index (χ2v) is 7.35. The molecule has 0 radical (unpaired) electrons. The minimum atomic E-state index is 0.326. The Kier molecular flexibility index (Phi) is 3.59. The average Bonchev–Trinajstić information content (AvgIpc) is 3.14. The highest BCUT2D eigenvalue weighted by atomic mass is 16.2. The highest BCUT2D eigenvalue weighted by molar-refractivity contribution is 5.76. The normalized spacial score (nSPS) is 30.9. The van der Waals surface area contributed by atoms with E-state index in [1.54, 1.807) is 0 Å². The smallest absolute Gasteiger partial charge is 0.320 e. The minimum Gasteiger partial charge on any atom is -0.325 e. The van der Waals surface area contributed by atoms with Gasteiger partial charge in [-0.2, -0.15) is 0 Å². The van der Waals surface area contributed by atoms with Crippen LogP contribution in [0.2, 0.25) is 0 Å². The van der Waals surface area contributed by atoms with Gasteiger partial charge in [-0.3, -0.25) is 0 Å².